The maximum atomic E-state index is 13.0. The van der Waals surface area contributed by atoms with Crippen LogP contribution in [0.5, 0.6) is 0 Å². The van der Waals surface area contributed by atoms with E-state index < -0.39 is 0 Å². The molecule has 0 saturated heterocycles. The summed E-state index contributed by atoms with van der Waals surface area (Å²) in [5.41, 5.74) is 3.54. The Kier molecular flexibility index (Phi) is 4.95. The van der Waals surface area contributed by atoms with Gasteiger partial charge in [0.2, 0.25) is 0 Å². The van der Waals surface area contributed by atoms with Crippen LogP contribution in [0.2, 0.25) is 0 Å². The SMILES string of the molecule is Cn1c(SCc2ccc(F)cc2)nnc1-c1ccc(C(C)(C)C)cc1. The molecule has 3 nitrogen and oxygen atoms in total. The van der Waals surface area contributed by atoms with E-state index in [1.54, 1.807) is 23.9 Å². The van der Waals surface area contributed by atoms with Crippen molar-refractivity contribution in [2.24, 2.45) is 7.05 Å². The van der Waals surface area contributed by atoms with Crippen LogP contribution in [-0.2, 0) is 18.2 Å². The Morgan fingerprint density at radius 2 is 1.60 bits per heavy atom. The van der Waals surface area contributed by atoms with Crippen LogP contribution in [0, 0.1) is 5.82 Å². The summed E-state index contributed by atoms with van der Waals surface area (Å²) in [6, 6.07) is 15.0. The van der Waals surface area contributed by atoms with Gasteiger partial charge in [-0.05, 0) is 28.7 Å². The number of aromatic nitrogens is 3. The van der Waals surface area contributed by atoms with Crippen LogP contribution in [0.25, 0.3) is 11.4 Å². The highest BCUT2D eigenvalue weighted by Gasteiger charge is 2.15. The van der Waals surface area contributed by atoms with Gasteiger partial charge in [-0.25, -0.2) is 4.39 Å². The Morgan fingerprint density at radius 1 is 0.960 bits per heavy atom. The Hall–Kier alpha value is -2.14. The molecule has 0 fully saturated rings. The molecule has 130 valence electrons. The molecule has 1 heterocycles. The first-order valence-corrected chi connectivity index (χ1v) is 9.21. The summed E-state index contributed by atoms with van der Waals surface area (Å²) >= 11 is 1.60. The van der Waals surface area contributed by atoms with Gasteiger partial charge in [0.05, 0.1) is 0 Å². The summed E-state index contributed by atoms with van der Waals surface area (Å²) < 4.78 is 15.0. The number of rotatable bonds is 4. The van der Waals surface area contributed by atoms with Crippen molar-refractivity contribution in [1.82, 2.24) is 14.8 Å². The minimum Gasteiger partial charge on any atom is -0.305 e. The molecule has 5 heteroatoms. The van der Waals surface area contributed by atoms with E-state index in [1.807, 2.05) is 11.6 Å². The van der Waals surface area contributed by atoms with Crippen molar-refractivity contribution < 1.29 is 4.39 Å². The number of hydrogen-bond acceptors (Lipinski definition) is 3. The third-order valence-corrected chi connectivity index (χ3v) is 5.22. The van der Waals surface area contributed by atoms with E-state index in [-0.39, 0.29) is 11.2 Å². The highest BCUT2D eigenvalue weighted by atomic mass is 32.2. The minimum absolute atomic E-state index is 0.134. The Morgan fingerprint density at radius 3 is 2.20 bits per heavy atom. The molecule has 0 spiro atoms. The minimum atomic E-state index is -0.214. The van der Waals surface area contributed by atoms with E-state index >= 15 is 0 Å². The van der Waals surface area contributed by atoms with Crippen molar-refractivity contribution in [2.75, 3.05) is 0 Å². The van der Waals surface area contributed by atoms with Crippen molar-refractivity contribution in [1.29, 1.82) is 0 Å². The molecule has 0 atom stereocenters. The fourth-order valence-electron chi connectivity index (χ4n) is 2.54. The molecule has 2 aromatic carbocycles. The lowest BCUT2D eigenvalue weighted by Gasteiger charge is -2.19. The second kappa shape index (κ2) is 7.00. The molecule has 3 rings (SSSR count). The van der Waals surface area contributed by atoms with E-state index in [0.29, 0.717) is 0 Å². The predicted molar refractivity (Wildman–Crippen MR) is 101 cm³/mol. The number of thioether (sulfide) groups is 1. The van der Waals surface area contributed by atoms with Gasteiger partial charge < -0.3 is 4.57 Å². The zero-order valence-corrected chi connectivity index (χ0v) is 15.8. The molecule has 0 amide bonds. The summed E-state index contributed by atoms with van der Waals surface area (Å²) in [5, 5.41) is 9.48. The van der Waals surface area contributed by atoms with E-state index in [0.717, 1.165) is 27.9 Å². The van der Waals surface area contributed by atoms with Crippen molar-refractivity contribution in [3.63, 3.8) is 0 Å². The summed E-state index contributed by atoms with van der Waals surface area (Å²) in [7, 11) is 1.97. The summed E-state index contributed by atoms with van der Waals surface area (Å²) in [5.74, 6) is 1.37. The van der Waals surface area contributed by atoms with Crippen LogP contribution in [0.4, 0.5) is 4.39 Å². The van der Waals surface area contributed by atoms with Gasteiger partial charge in [0.1, 0.15) is 5.82 Å². The largest absolute Gasteiger partial charge is 0.305 e. The molecule has 0 aliphatic carbocycles. The average Bonchev–Trinajstić information content (AvgIpc) is 2.94. The van der Waals surface area contributed by atoms with E-state index in [2.05, 4.69) is 55.2 Å². The molecule has 3 aromatic rings. The monoisotopic (exact) mass is 355 g/mol. The number of hydrogen-bond donors (Lipinski definition) is 0. The lowest BCUT2D eigenvalue weighted by molar-refractivity contribution is 0.590. The van der Waals surface area contributed by atoms with Crippen molar-refractivity contribution in [2.45, 2.75) is 37.1 Å². The van der Waals surface area contributed by atoms with Gasteiger partial charge in [0.15, 0.2) is 11.0 Å². The molecule has 0 saturated carbocycles. The molecule has 0 aliphatic rings. The topological polar surface area (TPSA) is 30.7 Å². The van der Waals surface area contributed by atoms with Crippen molar-refractivity contribution >= 4 is 11.8 Å². The van der Waals surface area contributed by atoms with Gasteiger partial charge in [-0.15, -0.1) is 10.2 Å². The van der Waals surface area contributed by atoms with Crippen LogP contribution in [0.3, 0.4) is 0 Å². The third-order valence-electron chi connectivity index (χ3n) is 4.13. The maximum Gasteiger partial charge on any atom is 0.191 e. The highest BCUT2D eigenvalue weighted by Crippen LogP contribution is 2.28. The van der Waals surface area contributed by atoms with Gasteiger partial charge in [-0.2, -0.15) is 0 Å². The molecule has 25 heavy (non-hydrogen) atoms. The van der Waals surface area contributed by atoms with Crippen LogP contribution in [0.1, 0.15) is 31.9 Å². The van der Waals surface area contributed by atoms with Crippen molar-refractivity contribution in [3.05, 3.63) is 65.5 Å². The first-order valence-electron chi connectivity index (χ1n) is 8.22. The smallest absolute Gasteiger partial charge is 0.191 e. The molecule has 0 bridgehead atoms. The van der Waals surface area contributed by atoms with Crippen LogP contribution in [0.15, 0.2) is 53.7 Å². The van der Waals surface area contributed by atoms with E-state index in [9.17, 15) is 4.39 Å². The maximum absolute atomic E-state index is 13.0. The third kappa shape index (κ3) is 4.10. The lowest BCUT2D eigenvalue weighted by Crippen LogP contribution is -2.10. The van der Waals surface area contributed by atoms with E-state index in [1.165, 1.54) is 17.7 Å². The average molecular weight is 355 g/mol. The van der Waals surface area contributed by atoms with Gasteiger partial charge in [-0.1, -0.05) is 68.9 Å². The van der Waals surface area contributed by atoms with Crippen LogP contribution in [-0.4, -0.2) is 14.8 Å². The molecule has 0 N–H and O–H groups in total. The predicted octanol–water partition coefficient (Wildman–Crippen LogP) is 5.21. The standard InChI is InChI=1S/C20H22FN3S/c1-20(2,3)16-9-7-15(8-10-16)18-22-23-19(24(18)4)25-13-14-5-11-17(21)12-6-14/h5-12H,13H2,1-4H3. The zero-order valence-electron chi connectivity index (χ0n) is 15.0. The van der Waals surface area contributed by atoms with Crippen LogP contribution < -0.4 is 0 Å². The van der Waals surface area contributed by atoms with Gasteiger partial charge in [0, 0.05) is 18.4 Å². The molecular formula is C20H22FN3S. The molecule has 1 aromatic heterocycles. The van der Waals surface area contributed by atoms with Gasteiger partial charge >= 0.3 is 0 Å². The first kappa shape index (κ1) is 17.7. The Balaban J connectivity index is 1.75. The summed E-state index contributed by atoms with van der Waals surface area (Å²) in [6.45, 7) is 6.61. The highest BCUT2D eigenvalue weighted by molar-refractivity contribution is 7.98. The Labute approximate surface area is 152 Å². The normalized spacial score (nSPS) is 11.7. The molecule has 0 aliphatic heterocycles. The lowest BCUT2D eigenvalue weighted by atomic mass is 9.87. The number of benzene rings is 2. The number of halogens is 1. The fraction of sp³-hybridized carbons (Fsp3) is 0.300. The van der Waals surface area contributed by atoms with E-state index in [4.69, 9.17) is 0 Å². The molecular weight excluding hydrogens is 333 g/mol. The van der Waals surface area contributed by atoms with Gasteiger partial charge in [-0.3, -0.25) is 0 Å². The van der Waals surface area contributed by atoms with Crippen molar-refractivity contribution in [3.8, 4) is 11.4 Å². The Bertz CT molecular complexity index is 846. The zero-order chi connectivity index (χ0) is 18.0. The molecule has 0 unspecified atom stereocenters. The fourth-order valence-corrected chi connectivity index (χ4v) is 3.41. The quantitative estimate of drug-likeness (QED) is 0.602. The second-order valence-electron chi connectivity index (χ2n) is 7.11. The van der Waals surface area contributed by atoms with Crippen LogP contribution >= 0.6 is 11.8 Å². The second-order valence-corrected chi connectivity index (χ2v) is 8.05. The van der Waals surface area contributed by atoms with Gasteiger partial charge in [0.25, 0.3) is 0 Å². The first-order chi connectivity index (χ1) is 11.8. The molecule has 0 radical (unpaired) electrons. The summed E-state index contributed by atoms with van der Waals surface area (Å²) in [6.07, 6.45) is 0. The summed E-state index contributed by atoms with van der Waals surface area (Å²) in [4.78, 5) is 0. The number of nitrogens with zero attached hydrogens (tertiary/aromatic N) is 3.